The number of hydrogen-bond acceptors (Lipinski definition) is 8. The van der Waals surface area contributed by atoms with Gasteiger partial charge in [0.2, 0.25) is 11.8 Å². The summed E-state index contributed by atoms with van der Waals surface area (Å²) >= 11 is 0. The number of benzene rings is 1. The number of esters is 2. The van der Waals surface area contributed by atoms with Crippen molar-refractivity contribution in [3.05, 3.63) is 59.7 Å². The Morgan fingerprint density at radius 3 is 2.27 bits per heavy atom. The summed E-state index contributed by atoms with van der Waals surface area (Å²) in [6, 6.07) is 9.29. The first-order valence-electron chi connectivity index (χ1n) is 8.86. The van der Waals surface area contributed by atoms with Crippen LogP contribution in [0.1, 0.15) is 27.6 Å². The van der Waals surface area contributed by atoms with Gasteiger partial charge in [0.25, 0.3) is 5.91 Å². The smallest absolute Gasteiger partial charge is 0.339 e. The quantitative estimate of drug-likeness (QED) is 0.378. The second-order valence-electron chi connectivity index (χ2n) is 5.96. The van der Waals surface area contributed by atoms with Crippen LogP contribution in [-0.2, 0) is 14.3 Å². The Morgan fingerprint density at radius 2 is 1.63 bits per heavy atom. The number of carbonyl (C=O) groups is 3. The van der Waals surface area contributed by atoms with Gasteiger partial charge in [0.1, 0.15) is 18.9 Å². The lowest BCUT2D eigenvalue weighted by Crippen LogP contribution is -2.19. The van der Waals surface area contributed by atoms with E-state index in [4.69, 9.17) is 18.9 Å². The van der Waals surface area contributed by atoms with Gasteiger partial charge in [-0.05, 0) is 25.1 Å². The minimum absolute atomic E-state index is 0.0571. The molecule has 1 N–H and O–H groups in total. The van der Waals surface area contributed by atoms with Gasteiger partial charge in [-0.2, -0.15) is 4.98 Å². The van der Waals surface area contributed by atoms with Gasteiger partial charge in [0, 0.05) is 11.6 Å². The average Bonchev–Trinajstić information content (AvgIpc) is 2.76. The first kappa shape index (κ1) is 22.4. The molecule has 30 heavy (non-hydrogen) atoms. The fourth-order valence-corrected chi connectivity index (χ4v) is 2.31. The number of carbonyl (C=O) groups excluding carboxylic acids is 3. The zero-order valence-electron chi connectivity index (χ0n) is 16.9. The van der Waals surface area contributed by atoms with Gasteiger partial charge in [-0.25, -0.2) is 9.59 Å². The summed E-state index contributed by atoms with van der Waals surface area (Å²) in [6.45, 7) is 4.68. The Bertz CT molecular complexity index is 956. The zero-order valence-corrected chi connectivity index (χ0v) is 16.9. The van der Waals surface area contributed by atoms with Crippen molar-refractivity contribution < 1.29 is 33.3 Å². The van der Waals surface area contributed by atoms with E-state index >= 15 is 0 Å². The third-order valence-electron chi connectivity index (χ3n) is 3.78. The zero-order chi connectivity index (χ0) is 22.1. The SMILES string of the molecule is C=C(C)C(=O)OCCOC(=O)c1ccccc1C(=O)Nc1ccc(OC)nc1OC. The van der Waals surface area contributed by atoms with Crippen molar-refractivity contribution in [1.29, 1.82) is 0 Å². The highest BCUT2D eigenvalue weighted by atomic mass is 16.6. The maximum Gasteiger partial charge on any atom is 0.339 e. The highest BCUT2D eigenvalue weighted by molar-refractivity contribution is 6.11. The molecule has 2 rings (SSSR count). The van der Waals surface area contributed by atoms with E-state index < -0.39 is 17.8 Å². The van der Waals surface area contributed by atoms with Crippen LogP contribution >= 0.6 is 0 Å². The van der Waals surface area contributed by atoms with E-state index in [1.807, 2.05) is 0 Å². The van der Waals surface area contributed by atoms with Gasteiger partial charge in [0.05, 0.1) is 25.3 Å². The largest absolute Gasteiger partial charge is 0.481 e. The van der Waals surface area contributed by atoms with Crippen LogP contribution in [0.2, 0.25) is 0 Å². The maximum absolute atomic E-state index is 12.7. The lowest BCUT2D eigenvalue weighted by atomic mass is 10.1. The summed E-state index contributed by atoms with van der Waals surface area (Å²) < 4.78 is 20.1. The molecule has 9 heteroatoms. The van der Waals surface area contributed by atoms with Gasteiger partial charge >= 0.3 is 11.9 Å². The summed E-state index contributed by atoms with van der Waals surface area (Å²) in [5.41, 5.74) is 0.700. The van der Waals surface area contributed by atoms with Crippen LogP contribution in [0.3, 0.4) is 0 Å². The normalized spacial score (nSPS) is 9.97. The van der Waals surface area contributed by atoms with Crippen LogP contribution in [0.15, 0.2) is 48.6 Å². The van der Waals surface area contributed by atoms with Crippen molar-refractivity contribution >= 4 is 23.5 Å². The Labute approximate surface area is 173 Å². The number of nitrogens with one attached hydrogen (secondary N) is 1. The Morgan fingerprint density at radius 1 is 0.967 bits per heavy atom. The van der Waals surface area contributed by atoms with Crippen LogP contribution in [0.4, 0.5) is 5.69 Å². The number of amides is 1. The molecule has 1 aromatic heterocycles. The van der Waals surface area contributed by atoms with Crippen molar-refractivity contribution in [2.45, 2.75) is 6.92 Å². The van der Waals surface area contributed by atoms with Crippen LogP contribution in [-0.4, -0.2) is 50.3 Å². The second-order valence-corrected chi connectivity index (χ2v) is 5.96. The Kier molecular flexibility index (Phi) is 7.92. The van der Waals surface area contributed by atoms with Crippen LogP contribution in [0, 0.1) is 0 Å². The summed E-state index contributed by atoms with van der Waals surface area (Å²) in [5.74, 6) is -1.38. The lowest BCUT2D eigenvalue weighted by molar-refractivity contribution is -0.140. The molecule has 0 aliphatic carbocycles. The van der Waals surface area contributed by atoms with Gasteiger partial charge in [0.15, 0.2) is 0 Å². The number of methoxy groups -OCH3 is 2. The number of pyridine rings is 1. The summed E-state index contributed by atoms with van der Waals surface area (Å²) in [7, 11) is 2.87. The molecule has 0 bridgehead atoms. The van der Waals surface area contributed by atoms with Gasteiger partial charge in [-0.1, -0.05) is 18.7 Å². The molecule has 0 saturated carbocycles. The second kappa shape index (κ2) is 10.6. The molecule has 0 saturated heterocycles. The highest BCUT2D eigenvalue weighted by Crippen LogP contribution is 2.25. The molecule has 2 aromatic rings. The van der Waals surface area contributed by atoms with E-state index in [1.165, 1.54) is 33.3 Å². The number of anilines is 1. The number of hydrogen-bond donors (Lipinski definition) is 1. The average molecular weight is 414 g/mol. The molecule has 1 heterocycles. The van der Waals surface area contributed by atoms with Crippen molar-refractivity contribution in [3.63, 3.8) is 0 Å². The molecule has 1 aromatic carbocycles. The summed E-state index contributed by atoms with van der Waals surface area (Å²) in [6.07, 6.45) is 0. The predicted molar refractivity (Wildman–Crippen MR) is 108 cm³/mol. The van der Waals surface area contributed by atoms with Crippen LogP contribution < -0.4 is 14.8 Å². The summed E-state index contributed by atoms with van der Waals surface area (Å²) in [5, 5.41) is 2.65. The topological polar surface area (TPSA) is 113 Å². The van der Waals surface area contributed by atoms with Crippen molar-refractivity contribution in [3.8, 4) is 11.8 Å². The fraction of sp³-hybridized carbons (Fsp3) is 0.238. The minimum Gasteiger partial charge on any atom is -0.481 e. The van der Waals surface area contributed by atoms with Gasteiger partial charge < -0.3 is 24.3 Å². The maximum atomic E-state index is 12.7. The number of ether oxygens (including phenoxy) is 4. The molecule has 0 radical (unpaired) electrons. The fourth-order valence-electron chi connectivity index (χ4n) is 2.31. The molecule has 1 amide bonds. The van der Waals surface area contributed by atoms with E-state index in [0.29, 0.717) is 11.6 Å². The Balaban J connectivity index is 2.09. The predicted octanol–water partition coefficient (Wildman–Crippen LogP) is 2.63. The third-order valence-corrected chi connectivity index (χ3v) is 3.78. The van der Waals surface area contributed by atoms with Crippen molar-refractivity contribution in [1.82, 2.24) is 4.98 Å². The summed E-state index contributed by atoms with van der Waals surface area (Å²) in [4.78, 5) is 40.6. The third kappa shape index (κ3) is 5.81. The van der Waals surface area contributed by atoms with E-state index in [1.54, 1.807) is 24.3 Å². The monoisotopic (exact) mass is 414 g/mol. The molecule has 158 valence electrons. The number of aromatic nitrogens is 1. The molecule has 0 atom stereocenters. The van der Waals surface area contributed by atoms with E-state index in [-0.39, 0.29) is 35.8 Å². The Hall–Kier alpha value is -3.88. The van der Waals surface area contributed by atoms with Crippen LogP contribution in [0.25, 0.3) is 0 Å². The molecule has 0 aliphatic heterocycles. The standard InChI is InChI=1S/C21H22N2O7/c1-13(2)20(25)29-11-12-30-21(26)15-8-6-5-7-14(15)18(24)22-16-9-10-17(27-3)23-19(16)28-4/h5-10H,1,11-12H2,2-4H3,(H,22,24). The van der Waals surface area contributed by atoms with Gasteiger partial charge in [-0.3, -0.25) is 4.79 Å². The lowest BCUT2D eigenvalue weighted by Gasteiger charge is -2.12. The first-order valence-corrected chi connectivity index (χ1v) is 8.86. The molecule has 0 aliphatic rings. The van der Waals surface area contributed by atoms with Crippen molar-refractivity contribution in [2.75, 3.05) is 32.8 Å². The molecular formula is C21H22N2O7. The molecule has 0 spiro atoms. The van der Waals surface area contributed by atoms with E-state index in [9.17, 15) is 14.4 Å². The van der Waals surface area contributed by atoms with Crippen molar-refractivity contribution in [2.24, 2.45) is 0 Å². The van der Waals surface area contributed by atoms with Gasteiger partial charge in [-0.15, -0.1) is 0 Å². The molecule has 0 fully saturated rings. The molecular weight excluding hydrogens is 392 g/mol. The minimum atomic E-state index is -0.730. The first-order chi connectivity index (χ1) is 14.4. The number of nitrogens with zero attached hydrogens (tertiary/aromatic N) is 1. The highest BCUT2D eigenvalue weighted by Gasteiger charge is 2.19. The van der Waals surface area contributed by atoms with E-state index in [0.717, 1.165) is 0 Å². The number of rotatable bonds is 9. The van der Waals surface area contributed by atoms with Crippen LogP contribution in [0.5, 0.6) is 11.8 Å². The molecule has 9 nitrogen and oxygen atoms in total. The van der Waals surface area contributed by atoms with E-state index in [2.05, 4.69) is 16.9 Å². The molecule has 0 unspecified atom stereocenters.